The molecule has 2 heterocycles. The number of H-pyrrole nitrogens is 1. The second-order valence-corrected chi connectivity index (χ2v) is 6.62. The summed E-state index contributed by atoms with van der Waals surface area (Å²) in [5.74, 6) is 0.279. The van der Waals surface area contributed by atoms with Gasteiger partial charge >= 0.3 is 0 Å². The smallest absolute Gasteiger partial charge is 0.265 e. The van der Waals surface area contributed by atoms with Gasteiger partial charge < -0.3 is 10.1 Å². The fourth-order valence-corrected chi connectivity index (χ4v) is 3.43. The van der Waals surface area contributed by atoms with E-state index in [2.05, 4.69) is 15.5 Å². The van der Waals surface area contributed by atoms with E-state index in [9.17, 15) is 9.59 Å². The summed E-state index contributed by atoms with van der Waals surface area (Å²) in [6, 6.07) is 5.70. The number of anilines is 1. The van der Waals surface area contributed by atoms with E-state index in [-0.39, 0.29) is 31.0 Å². The first kappa shape index (κ1) is 15.7. The Morgan fingerprint density at radius 1 is 1.48 bits per heavy atom. The topological polar surface area (TPSA) is 87.3 Å². The number of aromatic nitrogens is 2. The maximum absolute atomic E-state index is 12.5. The van der Waals surface area contributed by atoms with Gasteiger partial charge in [-0.3, -0.25) is 19.6 Å². The fraction of sp³-hybridized carbons (Fsp3) is 0.389. The second-order valence-electron chi connectivity index (χ2n) is 6.62. The van der Waals surface area contributed by atoms with Crippen LogP contribution < -0.4 is 15.0 Å². The van der Waals surface area contributed by atoms with Crippen molar-refractivity contribution in [2.75, 3.05) is 18.1 Å². The molecule has 2 aliphatic rings. The summed E-state index contributed by atoms with van der Waals surface area (Å²) in [4.78, 5) is 26.2. The van der Waals surface area contributed by atoms with Gasteiger partial charge in [-0.1, -0.05) is 6.07 Å². The zero-order chi connectivity index (χ0) is 17.4. The zero-order valence-corrected chi connectivity index (χ0v) is 14.0. The van der Waals surface area contributed by atoms with Crippen molar-refractivity contribution in [3.05, 3.63) is 41.2 Å². The van der Waals surface area contributed by atoms with Crippen LogP contribution in [0.2, 0.25) is 0 Å². The number of hydrogen-bond acceptors (Lipinski definition) is 4. The van der Waals surface area contributed by atoms with Crippen LogP contribution in [0.5, 0.6) is 5.75 Å². The molecule has 1 aliphatic heterocycles. The van der Waals surface area contributed by atoms with Crippen LogP contribution in [0.1, 0.15) is 23.2 Å². The van der Waals surface area contributed by atoms with E-state index in [1.165, 1.54) is 10.5 Å². The van der Waals surface area contributed by atoms with E-state index in [0.29, 0.717) is 11.4 Å². The molecule has 7 heteroatoms. The molecule has 1 atom stereocenters. The monoisotopic (exact) mass is 340 g/mol. The van der Waals surface area contributed by atoms with Crippen molar-refractivity contribution < 1.29 is 14.3 Å². The van der Waals surface area contributed by atoms with Crippen LogP contribution >= 0.6 is 0 Å². The predicted octanol–water partition coefficient (Wildman–Crippen LogP) is 1.12. The molecule has 25 heavy (non-hydrogen) atoms. The Kier molecular flexibility index (Phi) is 3.91. The van der Waals surface area contributed by atoms with Crippen LogP contribution in [-0.2, 0) is 22.4 Å². The van der Waals surface area contributed by atoms with Crippen molar-refractivity contribution >= 4 is 17.5 Å². The van der Waals surface area contributed by atoms with Crippen LogP contribution in [0.4, 0.5) is 5.69 Å². The van der Waals surface area contributed by atoms with Gasteiger partial charge in [0.2, 0.25) is 5.91 Å². The second kappa shape index (κ2) is 6.23. The molecular weight excluding hydrogens is 320 g/mol. The molecule has 130 valence electrons. The highest BCUT2D eigenvalue weighted by molar-refractivity contribution is 6.02. The van der Waals surface area contributed by atoms with Crippen LogP contribution in [0.15, 0.2) is 24.4 Å². The van der Waals surface area contributed by atoms with E-state index in [4.69, 9.17) is 4.74 Å². The SMILES string of the molecule is Cc1ccc2c(c1)N(CC(=O)N[C@@H]1CCc3cn[nH]c3C1)C(=O)CO2. The minimum absolute atomic E-state index is 0.00494. The maximum atomic E-state index is 12.5. The Balaban J connectivity index is 1.44. The molecule has 1 aliphatic carbocycles. The number of benzene rings is 1. The number of carbonyl (C=O) groups is 2. The molecule has 4 rings (SSSR count). The normalized spacial score (nSPS) is 19.0. The lowest BCUT2D eigenvalue weighted by Gasteiger charge is -2.30. The molecule has 0 bridgehead atoms. The Bertz CT molecular complexity index is 829. The number of hydrogen-bond donors (Lipinski definition) is 2. The molecule has 7 nitrogen and oxygen atoms in total. The summed E-state index contributed by atoms with van der Waals surface area (Å²) in [6.45, 7) is 1.91. The summed E-state index contributed by atoms with van der Waals surface area (Å²) in [7, 11) is 0. The molecule has 1 aromatic heterocycles. The van der Waals surface area contributed by atoms with E-state index >= 15 is 0 Å². The molecule has 2 amide bonds. The van der Waals surface area contributed by atoms with E-state index in [1.54, 1.807) is 0 Å². The molecular formula is C18H20N4O3. The van der Waals surface area contributed by atoms with Crippen LogP contribution in [0.3, 0.4) is 0 Å². The number of ether oxygens (including phenoxy) is 1. The van der Waals surface area contributed by atoms with E-state index in [0.717, 1.165) is 30.5 Å². The number of nitrogens with one attached hydrogen (secondary N) is 2. The van der Waals surface area contributed by atoms with E-state index < -0.39 is 0 Å². The van der Waals surface area contributed by atoms with Crippen molar-refractivity contribution in [2.24, 2.45) is 0 Å². The Morgan fingerprint density at radius 3 is 3.24 bits per heavy atom. The van der Waals surface area contributed by atoms with Gasteiger partial charge in [-0.05, 0) is 43.0 Å². The number of amides is 2. The highest BCUT2D eigenvalue weighted by Crippen LogP contribution is 2.32. The fourth-order valence-electron chi connectivity index (χ4n) is 3.43. The van der Waals surface area contributed by atoms with Gasteiger partial charge in [0.15, 0.2) is 6.61 Å². The Hall–Kier alpha value is -2.83. The lowest BCUT2D eigenvalue weighted by molar-refractivity contribution is -0.125. The van der Waals surface area contributed by atoms with Gasteiger partial charge in [0.25, 0.3) is 5.91 Å². The Morgan fingerprint density at radius 2 is 2.36 bits per heavy atom. The molecule has 2 N–H and O–H groups in total. The maximum Gasteiger partial charge on any atom is 0.265 e. The molecule has 0 saturated heterocycles. The highest BCUT2D eigenvalue weighted by atomic mass is 16.5. The molecule has 0 saturated carbocycles. The summed E-state index contributed by atoms with van der Waals surface area (Å²) >= 11 is 0. The van der Waals surface area contributed by atoms with E-state index in [1.807, 2.05) is 31.3 Å². The molecule has 2 aromatic rings. The number of rotatable bonds is 3. The van der Waals surface area contributed by atoms with Gasteiger partial charge in [0.1, 0.15) is 12.3 Å². The van der Waals surface area contributed by atoms with Crippen LogP contribution in [0, 0.1) is 6.92 Å². The predicted molar refractivity (Wildman–Crippen MR) is 91.6 cm³/mol. The quantitative estimate of drug-likeness (QED) is 0.876. The first-order valence-corrected chi connectivity index (χ1v) is 8.44. The zero-order valence-electron chi connectivity index (χ0n) is 14.0. The third-order valence-corrected chi connectivity index (χ3v) is 4.74. The average Bonchev–Trinajstić information content (AvgIpc) is 3.05. The Labute approximate surface area is 145 Å². The van der Waals surface area contributed by atoms with Crippen molar-refractivity contribution in [1.82, 2.24) is 15.5 Å². The standard InChI is InChI=1S/C18H20N4O3/c1-11-2-5-16-15(6-11)22(18(24)10-25-16)9-17(23)20-13-4-3-12-8-19-21-14(12)7-13/h2,5-6,8,13H,3-4,7,9-10H2,1H3,(H,19,21)(H,20,23)/t13-/m1/s1. The molecule has 0 fully saturated rings. The van der Waals surface area contributed by atoms with Gasteiger partial charge in [-0.15, -0.1) is 0 Å². The van der Waals surface area contributed by atoms with Gasteiger partial charge in [-0.2, -0.15) is 5.10 Å². The molecule has 1 aromatic carbocycles. The van der Waals surface area contributed by atoms with Crippen molar-refractivity contribution in [3.63, 3.8) is 0 Å². The minimum Gasteiger partial charge on any atom is -0.482 e. The van der Waals surface area contributed by atoms with Crippen molar-refractivity contribution in [3.8, 4) is 5.75 Å². The van der Waals surface area contributed by atoms with Gasteiger partial charge in [0.05, 0.1) is 11.9 Å². The molecule has 0 unspecified atom stereocenters. The number of nitrogens with zero attached hydrogens (tertiary/aromatic N) is 2. The molecule has 0 radical (unpaired) electrons. The van der Waals surface area contributed by atoms with Crippen LogP contribution in [0.25, 0.3) is 0 Å². The number of aromatic amines is 1. The van der Waals surface area contributed by atoms with Crippen LogP contribution in [-0.4, -0.2) is 41.2 Å². The van der Waals surface area contributed by atoms with Gasteiger partial charge in [0, 0.05) is 18.2 Å². The summed E-state index contributed by atoms with van der Waals surface area (Å²) < 4.78 is 5.45. The highest BCUT2D eigenvalue weighted by Gasteiger charge is 2.29. The first-order valence-electron chi connectivity index (χ1n) is 8.44. The lowest BCUT2D eigenvalue weighted by Crippen LogP contribution is -2.48. The lowest BCUT2D eigenvalue weighted by atomic mass is 9.94. The first-order chi connectivity index (χ1) is 12.1. The number of aryl methyl sites for hydroxylation is 2. The number of carbonyl (C=O) groups excluding carboxylic acids is 2. The van der Waals surface area contributed by atoms with Crippen molar-refractivity contribution in [1.29, 1.82) is 0 Å². The number of fused-ring (bicyclic) bond motifs is 2. The average molecular weight is 340 g/mol. The van der Waals surface area contributed by atoms with Gasteiger partial charge in [-0.25, -0.2) is 0 Å². The minimum atomic E-state index is -0.201. The summed E-state index contributed by atoms with van der Waals surface area (Å²) in [5, 5.41) is 10.1. The third-order valence-electron chi connectivity index (χ3n) is 4.74. The summed E-state index contributed by atoms with van der Waals surface area (Å²) in [5.41, 5.74) is 3.98. The third kappa shape index (κ3) is 3.09. The summed E-state index contributed by atoms with van der Waals surface area (Å²) in [6.07, 6.45) is 4.37. The molecule has 0 spiro atoms. The largest absolute Gasteiger partial charge is 0.482 e. The van der Waals surface area contributed by atoms with Crippen molar-refractivity contribution in [2.45, 2.75) is 32.2 Å².